The number of fused-ring (bicyclic) bond motifs is 1. The van der Waals surface area contributed by atoms with Crippen LogP contribution in [0.5, 0.6) is 5.75 Å². The third kappa shape index (κ3) is 4.76. The van der Waals surface area contributed by atoms with Crippen molar-refractivity contribution < 1.29 is 32.7 Å². The van der Waals surface area contributed by atoms with Crippen molar-refractivity contribution in [3.63, 3.8) is 0 Å². The van der Waals surface area contributed by atoms with Gasteiger partial charge >= 0.3 is 12.3 Å². The maximum absolute atomic E-state index is 13.1. The number of ether oxygens (including phenoxy) is 1. The minimum Gasteiger partial charge on any atom is -0.449 e. The molecule has 0 aliphatic heterocycles. The first-order valence-electron chi connectivity index (χ1n) is 8.94. The van der Waals surface area contributed by atoms with E-state index in [0.29, 0.717) is 9.71 Å². The van der Waals surface area contributed by atoms with Gasteiger partial charge in [0, 0.05) is 23.6 Å². The lowest BCUT2D eigenvalue weighted by Crippen LogP contribution is -2.21. The van der Waals surface area contributed by atoms with Crippen molar-refractivity contribution in [2.45, 2.75) is 32.9 Å². The maximum Gasteiger partial charge on any atom is 0.511 e. The van der Waals surface area contributed by atoms with Crippen LogP contribution in [-0.4, -0.2) is 21.2 Å². The summed E-state index contributed by atoms with van der Waals surface area (Å²) in [5, 5.41) is 20.8. The molecule has 1 atom stereocenters. The summed E-state index contributed by atoms with van der Waals surface area (Å²) in [6, 6.07) is 6.74. The van der Waals surface area contributed by atoms with E-state index in [9.17, 15) is 28.1 Å². The molecule has 0 radical (unpaired) electrons. The van der Waals surface area contributed by atoms with E-state index in [2.05, 4.69) is 4.98 Å². The summed E-state index contributed by atoms with van der Waals surface area (Å²) in [5.74, 6) is -0.790. The number of nitro groups is 1. The Labute approximate surface area is 178 Å². The summed E-state index contributed by atoms with van der Waals surface area (Å²) in [4.78, 5) is 26.2. The lowest BCUT2D eigenvalue weighted by Gasteiger charge is -2.30. The van der Waals surface area contributed by atoms with Crippen LogP contribution in [0.25, 0.3) is 10.2 Å². The molecule has 11 heteroatoms. The van der Waals surface area contributed by atoms with Gasteiger partial charge in [0.2, 0.25) is 0 Å². The van der Waals surface area contributed by atoms with Crippen LogP contribution in [0.2, 0.25) is 0 Å². The lowest BCUT2D eigenvalue weighted by molar-refractivity contribution is -0.385. The fourth-order valence-electron chi connectivity index (χ4n) is 3.28. The second-order valence-corrected chi connectivity index (χ2v) is 8.94. The molecule has 1 aromatic heterocycles. The molecule has 0 aliphatic rings. The molecular formula is C20H17F3N2O5S. The second-order valence-electron chi connectivity index (χ2n) is 7.88. The van der Waals surface area contributed by atoms with E-state index >= 15 is 0 Å². The number of carboxylic acid groups (broad SMARTS) is 1. The number of rotatable bonds is 4. The summed E-state index contributed by atoms with van der Waals surface area (Å²) >= 11 is 1.14. The maximum atomic E-state index is 13.1. The van der Waals surface area contributed by atoms with Crippen LogP contribution < -0.4 is 4.74 Å². The van der Waals surface area contributed by atoms with Gasteiger partial charge in [-0.2, -0.15) is 13.2 Å². The fraction of sp³-hybridized carbons (Fsp3) is 0.300. The van der Waals surface area contributed by atoms with Gasteiger partial charge in [-0.3, -0.25) is 10.1 Å². The minimum absolute atomic E-state index is 0.103. The van der Waals surface area contributed by atoms with Gasteiger partial charge in [0.1, 0.15) is 10.8 Å². The number of alkyl halides is 3. The van der Waals surface area contributed by atoms with Gasteiger partial charge in [-0.1, -0.05) is 20.8 Å². The van der Waals surface area contributed by atoms with Gasteiger partial charge in [-0.05, 0) is 29.7 Å². The predicted molar refractivity (Wildman–Crippen MR) is 108 cm³/mol. The Morgan fingerprint density at radius 3 is 2.42 bits per heavy atom. The third-order valence-electron chi connectivity index (χ3n) is 4.56. The van der Waals surface area contributed by atoms with Gasteiger partial charge in [0.25, 0.3) is 5.69 Å². The molecule has 164 valence electrons. The minimum atomic E-state index is -4.52. The predicted octanol–water partition coefficient (Wildman–Crippen LogP) is 6.46. The van der Waals surface area contributed by atoms with Gasteiger partial charge in [-0.15, -0.1) is 11.3 Å². The van der Waals surface area contributed by atoms with E-state index in [1.807, 2.05) is 20.8 Å². The van der Waals surface area contributed by atoms with E-state index < -0.39 is 34.2 Å². The molecule has 7 nitrogen and oxygen atoms in total. The van der Waals surface area contributed by atoms with E-state index in [-0.39, 0.29) is 22.5 Å². The van der Waals surface area contributed by atoms with Crippen molar-refractivity contribution in [3.8, 4) is 5.75 Å². The highest BCUT2D eigenvalue weighted by molar-refractivity contribution is 7.18. The van der Waals surface area contributed by atoms with Crippen LogP contribution in [0.15, 0.2) is 36.4 Å². The molecule has 0 aliphatic carbocycles. The number of thiazole rings is 1. The van der Waals surface area contributed by atoms with E-state index in [0.717, 1.165) is 29.5 Å². The topological polar surface area (TPSA) is 103 Å². The van der Waals surface area contributed by atoms with Crippen LogP contribution in [0.1, 0.15) is 42.8 Å². The Balaban J connectivity index is 2.23. The van der Waals surface area contributed by atoms with Crippen molar-refractivity contribution in [2.75, 3.05) is 0 Å². The molecule has 3 aromatic rings. The summed E-state index contributed by atoms with van der Waals surface area (Å²) in [5.41, 5.74) is -1.40. The zero-order valence-corrected chi connectivity index (χ0v) is 17.4. The summed E-state index contributed by atoms with van der Waals surface area (Å²) in [6.45, 7) is 5.44. The molecule has 1 unspecified atom stereocenters. The van der Waals surface area contributed by atoms with Crippen LogP contribution >= 0.6 is 11.3 Å². The average Bonchev–Trinajstić information content (AvgIpc) is 3.02. The van der Waals surface area contributed by atoms with Crippen molar-refractivity contribution in [1.82, 2.24) is 4.98 Å². The Kier molecular flexibility index (Phi) is 5.66. The number of aromatic nitrogens is 1. The standard InChI is InChI=1S/C20H17F3N2O5S/c1-19(2,3)16(12-9-11(25(28)29)5-6-14(12)30-18(26)27)17-24-13-8-10(20(21,22)23)4-7-15(13)31-17/h4-9,16H,1-3H3,(H,26,27). The first-order valence-corrected chi connectivity index (χ1v) is 9.76. The van der Waals surface area contributed by atoms with E-state index in [1.54, 1.807) is 0 Å². The van der Waals surface area contributed by atoms with E-state index in [4.69, 9.17) is 9.84 Å². The van der Waals surface area contributed by atoms with Gasteiger partial charge in [-0.25, -0.2) is 9.78 Å². The van der Waals surface area contributed by atoms with E-state index in [1.165, 1.54) is 18.2 Å². The SMILES string of the molecule is CC(C)(C)C(c1nc2cc(C(F)(F)F)ccc2s1)c1cc([N+](=O)[O-])ccc1OC(=O)O. The van der Waals surface area contributed by atoms with Gasteiger partial charge in [0.05, 0.1) is 20.7 Å². The number of nitro benzene ring substituents is 1. The molecule has 0 amide bonds. The molecule has 0 spiro atoms. The number of carbonyl (C=O) groups is 1. The zero-order valence-electron chi connectivity index (χ0n) is 16.6. The molecule has 1 heterocycles. The fourth-order valence-corrected chi connectivity index (χ4v) is 4.59. The first kappa shape index (κ1) is 22.5. The largest absolute Gasteiger partial charge is 0.511 e. The molecule has 0 saturated heterocycles. The highest BCUT2D eigenvalue weighted by atomic mass is 32.1. The first-order chi connectivity index (χ1) is 14.3. The smallest absolute Gasteiger partial charge is 0.449 e. The summed E-state index contributed by atoms with van der Waals surface area (Å²) in [6.07, 6.45) is -6.12. The van der Waals surface area contributed by atoms with Crippen LogP contribution in [0, 0.1) is 15.5 Å². The lowest BCUT2D eigenvalue weighted by atomic mass is 9.76. The summed E-state index contributed by atoms with van der Waals surface area (Å²) in [7, 11) is 0. The van der Waals surface area contributed by atoms with Crippen molar-refractivity contribution in [3.05, 3.63) is 62.6 Å². The number of hydrogen-bond acceptors (Lipinski definition) is 6. The Morgan fingerprint density at radius 2 is 1.87 bits per heavy atom. The van der Waals surface area contributed by atoms with Crippen molar-refractivity contribution in [1.29, 1.82) is 0 Å². The Morgan fingerprint density at radius 1 is 1.19 bits per heavy atom. The highest BCUT2D eigenvalue weighted by Gasteiger charge is 2.35. The second kappa shape index (κ2) is 7.80. The molecule has 0 fully saturated rings. The molecule has 3 rings (SSSR count). The number of non-ortho nitro benzene ring substituents is 1. The molecule has 31 heavy (non-hydrogen) atoms. The number of hydrogen-bond donors (Lipinski definition) is 1. The average molecular weight is 454 g/mol. The quantitative estimate of drug-likeness (QED) is 0.210. The van der Waals surface area contributed by atoms with Crippen LogP contribution in [0.3, 0.4) is 0 Å². The molecular weight excluding hydrogens is 437 g/mol. The molecule has 1 N–H and O–H groups in total. The van der Waals surface area contributed by atoms with Crippen LogP contribution in [0.4, 0.5) is 23.7 Å². The molecule has 0 bridgehead atoms. The van der Waals surface area contributed by atoms with Gasteiger partial charge in [0.15, 0.2) is 0 Å². The molecule has 0 saturated carbocycles. The Hall–Kier alpha value is -3.21. The normalized spacial score (nSPS) is 13.2. The molecule has 2 aromatic carbocycles. The monoisotopic (exact) mass is 454 g/mol. The number of halogens is 3. The zero-order chi connectivity index (χ0) is 23.1. The third-order valence-corrected chi connectivity index (χ3v) is 5.66. The van der Waals surface area contributed by atoms with Gasteiger partial charge < -0.3 is 9.84 Å². The Bertz CT molecular complexity index is 1170. The van der Waals surface area contributed by atoms with Crippen LogP contribution in [-0.2, 0) is 6.18 Å². The number of nitrogens with zero attached hydrogens (tertiary/aromatic N) is 2. The number of benzene rings is 2. The van der Waals surface area contributed by atoms with Crippen molar-refractivity contribution in [2.24, 2.45) is 5.41 Å². The summed E-state index contributed by atoms with van der Waals surface area (Å²) < 4.78 is 44.5. The highest BCUT2D eigenvalue weighted by Crippen LogP contribution is 2.47. The van der Waals surface area contributed by atoms with Crippen molar-refractivity contribution >= 4 is 33.4 Å².